The van der Waals surface area contributed by atoms with Crippen molar-refractivity contribution in [3.63, 3.8) is 0 Å². The Morgan fingerprint density at radius 1 is 1.62 bits per heavy atom. The third kappa shape index (κ3) is 1.76. The number of fused-ring (bicyclic) bond motifs is 1. The van der Waals surface area contributed by atoms with Gasteiger partial charge in [-0.2, -0.15) is 0 Å². The van der Waals surface area contributed by atoms with Gasteiger partial charge in [-0.15, -0.1) is 0 Å². The van der Waals surface area contributed by atoms with Crippen LogP contribution in [-0.4, -0.2) is 25.6 Å². The van der Waals surface area contributed by atoms with Crippen molar-refractivity contribution in [1.82, 2.24) is 14.5 Å². The van der Waals surface area contributed by atoms with Gasteiger partial charge in [-0.3, -0.25) is 4.79 Å². The van der Waals surface area contributed by atoms with E-state index >= 15 is 0 Å². The molecule has 0 aromatic carbocycles. The minimum atomic E-state index is -0.812. The topological polar surface area (TPSA) is 68.0 Å². The lowest BCUT2D eigenvalue weighted by Crippen LogP contribution is -2.08. The van der Waals surface area contributed by atoms with E-state index in [2.05, 4.69) is 9.97 Å². The Labute approximate surface area is 92.8 Å². The van der Waals surface area contributed by atoms with Crippen molar-refractivity contribution in [3.05, 3.63) is 24.2 Å². The standard InChI is InChI=1S/C11H13N3O2/c1-7(6-9(15)16)11-13-10-8(14(11)2)4-3-5-12-10/h3-5,7H,6H2,1-2H3,(H,15,16). The quantitative estimate of drug-likeness (QED) is 0.850. The van der Waals surface area contributed by atoms with E-state index in [0.29, 0.717) is 5.65 Å². The average molecular weight is 219 g/mol. The van der Waals surface area contributed by atoms with Gasteiger partial charge in [-0.1, -0.05) is 6.92 Å². The van der Waals surface area contributed by atoms with E-state index in [-0.39, 0.29) is 12.3 Å². The van der Waals surface area contributed by atoms with Crippen molar-refractivity contribution in [1.29, 1.82) is 0 Å². The Morgan fingerprint density at radius 2 is 2.38 bits per heavy atom. The molecule has 0 aliphatic carbocycles. The minimum absolute atomic E-state index is 0.0805. The van der Waals surface area contributed by atoms with Crippen LogP contribution in [0.1, 0.15) is 25.1 Å². The van der Waals surface area contributed by atoms with Gasteiger partial charge < -0.3 is 9.67 Å². The molecule has 1 N–H and O–H groups in total. The molecule has 0 fully saturated rings. The molecule has 0 bridgehead atoms. The molecular weight excluding hydrogens is 206 g/mol. The summed E-state index contributed by atoms with van der Waals surface area (Å²) in [5, 5.41) is 8.76. The van der Waals surface area contributed by atoms with E-state index in [1.165, 1.54) is 0 Å². The highest BCUT2D eigenvalue weighted by atomic mass is 16.4. The zero-order valence-corrected chi connectivity index (χ0v) is 9.21. The van der Waals surface area contributed by atoms with Crippen molar-refractivity contribution in [2.24, 2.45) is 7.05 Å². The van der Waals surface area contributed by atoms with Crippen molar-refractivity contribution in [2.45, 2.75) is 19.3 Å². The largest absolute Gasteiger partial charge is 0.481 e. The minimum Gasteiger partial charge on any atom is -0.481 e. The van der Waals surface area contributed by atoms with E-state index < -0.39 is 5.97 Å². The second-order valence-corrected chi connectivity index (χ2v) is 3.87. The van der Waals surface area contributed by atoms with E-state index in [4.69, 9.17) is 5.11 Å². The molecule has 84 valence electrons. The first-order valence-corrected chi connectivity index (χ1v) is 5.08. The number of carboxylic acids is 1. The van der Waals surface area contributed by atoms with E-state index in [0.717, 1.165) is 11.3 Å². The lowest BCUT2D eigenvalue weighted by atomic mass is 10.1. The number of aromatic nitrogens is 3. The number of aliphatic carboxylic acids is 1. The molecule has 0 saturated carbocycles. The first kappa shape index (κ1) is 10.6. The van der Waals surface area contributed by atoms with Crippen molar-refractivity contribution in [2.75, 3.05) is 0 Å². The first-order valence-electron chi connectivity index (χ1n) is 5.08. The van der Waals surface area contributed by atoms with Gasteiger partial charge in [0.25, 0.3) is 0 Å². The van der Waals surface area contributed by atoms with Gasteiger partial charge in [0.2, 0.25) is 0 Å². The van der Waals surface area contributed by atoms with Crippen LogP contribution < -0.4 is 0 Å². The molecule has 0 aliphatic heterocycles. The second kappa shape index (κ2) is 3.92. The normalized spacial score (nSPS) is 12.9. The lowest BCUT2D eigenvalue weighted by molar-refractivity contribution is -0.137. The van der Waals surface area contributed by atoms with Crippen molar-refractivity contribution in [3.8, 4) is 0 Å². The van der Waals surface area contributed by atoms with Crippen LogP contribution in [-0.2, 0) is 11.8 Å². The van der Waals surface area contributed by atoms with Crippen molar-refractivity contribution >= 4 is 17.1 Å². The fourth-order valence-corrected chi connectivity index (χ4v) is 1.84. The Morgan fingerprint density at radius 3 is 3.00 bits per heavy atom. The van der Waals surface area contributed by atoms with Crippen LogP contribution in [0.2, 0.25) is 0 Å². The van der Waals surface area contributed by atoms with Gasteiger partial charge in [-0.05, 0) is 12.1 Å². The van der Waals surface area contributed by atoms with Crippen LogP contribution >= 0.6 is 0 Å². The molecular formula is C11H13N3O2. The molecule has 0 aliphatic rings. The highest BCUT2D eigenvalue weighted by Crippen LogP contribution is 2.21. The summed E-state index contributed by atoms with van der Waals surface area (Å²) < 4.78 is 1.90. The number of pyridine rings is 1. The van der Waals surface area contributed by atoms with Crippen LogP contribution in [0.15, 0.2) is 18.3 Å². The molecule has 2 heterocycles. The van der Waals surface area contributed by atoms with E-state index in [1.54, 1.807) is 6.20 Å². The Hall–Kier alpha value is -1.91. The third-order valence-electron chi connectivity index (χ3n) is 2.61. The molecule has 1 unspecified atom stereocenters. The van der Waals surface area contributed by atoms with Gasteiger partial charge in [0, 0.05) is 19.2 Å². The zero-order chi connectivity index (χ0) is 11.7. The smallest absolute Gasteiger partial charge is 0.304 e. The fourth-order valence-electron chi connectivity index (χ4n) is 1.84. The van der Waals surface area contributed by atoms with Gasteiger partial charge in [-0.25, -0.2) is 9.97 Å². The monoisotopic (exact) mass is 219 g/mol. The number of nitrogens with zero attached hydrogens (tertiary/aromatic N) is 3. The van der Waals surface area contributed by atoms with Crippen LogP contribution in [0.3, 0.4) is 0 Å². The molecule has 0 spiro atoms. The summed E-state index contributed by atoms with van der Waals surface area (Å²) in [6.07, 6.45) is 1.76. The molecule has 2 aromatic rings. The maximum absolute atomic E-state index is 10.7. The second-order valence-electron chi connectivity index (χ2n) is 3.87. The number of hydrogen-bond acceptors (Lipinski definition) is 3. The SMILES string of the molecule is CC(CC(=O)O)c1nc2ncccc2n1C. The Balaban J connectivity index is 2.45. The summed E-state index contributed by atoms with van der Waals surface area (Å²) in [6, 6.07) is 3.77. The zero-order valence-electron chi connectivity index (χ0n) is 9.21. The molecule has 0 radical (unpaired) electrons. The van der Waals surface area contributed by atoms with Crippen molar-refractivity contribution < 1.29 is 9.90 Å². The maximum atomic E-state index is 10.7. The van der Waals surface area contributed by atoms with Gasteiger partial charge >= 0.3 is 5.97 Å². The lowest BCUT2D eigenvalue weighted by Gasteiger charge is -2.08. The summed E-state index contributed by atoms with van der Waals surface area (Å²) in [5.41, 5.74) is 1.59. The molecule has 0 saturated heterocycles. The summed E-state index contributed by atoms with van der Waals surface area (Å²) in [7, 11) is 1.88. The van der Waals surface area contributed by atoms with E-state index in [1.807, 2.05) is 30.7 Å². The highest BCUT2D eigenvalue weighted by molar-refractivity contribution is 5.72. The molecule has 5 nitrogen and oxygen atoms in total. The van der Waals surface area contributed by atoms with Crippen LogP contribution in [0.4, 0.5) is 0 Å². The van der Waals surface area contributed by atoms with Crippen LogP contribution in [0, 0.1) is 0 Å². The summed E-state index contributed by atoms with van der Waals surface area (Å²) in [4.78, 5) is 19.2. The van der Waals surface area contributed by atoms with Gasteiger partial charge in [0.1, 0.15) is 5.82 Å². The first-order chi connectivity index (χ1) is 7.59. The average Bonchev–Trinajstić information content (AvgIpc) is 2.56. The predicted octanol–water partition coefficient (Wildman–Crippen LogP) is 1.55. The van der Waals surface area contributed by atoms with Crippen LogP contribution in [0.5, 0.6) is 0 Å². The molecule has 0 amide bonds. The number of carbonyl (C=O) groups is 1. The highest BCUT2D eigenvalue weighted by Gasteiger charge is 2.17. The van der Waals surface area contributed by atoms with Gasteiger partial charge in [0.05, 0.1) is 11.9 Å². The molecule has 1 atom stereocenters. The van der Waals surface area contributed by atoms with E-state index in [9.17, 15) is 4.79 Å². The number of hydrogen-bond donors (Lipinski definition) is 1. The molecule has 5 heteroatoms. The van der Waals surface area contributed by atoms with Crippen LogP contribution in [0.25, 0.3) is 11.2 Å². The Bertz CT molecular complexity index is 533. The summed E-state index contributed by atoms with van der Waals surface area (Å²) in [6.45, 7) is 1.86. The Kier molecular flexibility index (Phi) is 2.60. The number of rotatable bonds is 3. The summed E-state index contributed by atoms with van der Waals surface area (Å²) >= 11 is 0. The third-order valence-corrected chi connectivity index (χ3v) is 2.61. The number of imidazole rings is 1. The van der Waals surface area contributed by atoms with Gasteiger partial charge in [0.15, 0.2) is 5.65 Å². The fraction of sp³-hybridized carbons (Fsp3) is 0.364. The molecule has 2 rings (SSSR count). The number of aryl methyl sites for hydroxylation is 1. The predicted molar refractivity (Wildman–Crippen MR) is 59.2 cm³/mol. The summed E-state index contributed by atoms with van der Waals surface area (Å²) in [5.74, 6) is -0.166. The molecule has 16 heavy (non-hydrogen) atoms. The maximum Gasteiger partial charge on any atom is 0.304 e. The number of carboxylic acid groups (broad SMARTS) is 1. The molecule has 2 aromatic heterocycles.